The van der Waals surface area contributed by atoms with Crippen LogP contribution in [0, 0.1) is 0 Å². The van der Waals surface area contributed by atoms with Gasteiger partial charge in [0.1, 0.15) is 6.10 Å². The summed E-state index contributed by atoms with van der Waals surface area (Å²) in [6.45, 7) is 0. The van der Waals surface area contributed by atoms with Gasteiger partial charge in [-0.05, 0) is 62.1 Å². The lowest BCUT2D eigenvalue weighted by molar-refractivity contribution is 0.0211. The third kappa shape index (κ3) is 5.03. The smallest absolute Gasteiger partial charge is 0.338 e. The van der Waals surface area contributed by atoms with Crippen molar-refractivity contribution >= 4 is 17.6 Å². The van der Waals surface area contributed by atoms with Gasteiger partial charge >= 0.3 is 5.97 Å². The minimum Gasteiger partial charge on any atom is -0.493 e. The fraction of sp³-hybridized carbons (Fsp3) is 0.391. The van der Waals surface area contributed by atoms with Gasteiger partial charge in [0.25, 0.3) is 5.91 Å². The highest BCUT2D eigenvalue weighted by atomic mass is 16.5. The summed E-state index contributed by atoms with van der Waals surface area (Å²) in [4.78, 5) is 25.0. The Kier molecular flexibility index (Phi) is 7.17. The van der Waals surface area contributed by atoms with E-state index >= 15 is 0 Å². The van der Waals surface area contributed by atoms with Crippen LogP contribution in [0.1, 0.15) is 52.8 Å². The highest BCUT2D eigenvalue weighted by molar-refractivity contribution is 6.05. The van der Waals surface area contributed by atoms with Crippen LogP contribution < -0.4 is 19.5 Å². The third-order valence-corrected chi connectivity index (χ3v) is 5.13. The number of amides is 1. The van der Waals surface area contributed by atoms with Crippen molar-refractivity contribution in [1.82, 2.24) is 0 Å². The predicted octanol–water partition coefficient (Wildman–Crippen LogP) is 4.45. The van der Waals surface area contributed by atoms with Gasteiger partial charge in [-0.2, -0.15) is 0 Å². The van der Waals surface area contributed by atoms with Crippen LogP contribution in [0.4, 0.5) is 5.69 Å². The van der Waals surface area contributed by atoms with E-state index in [0.29, 0.717) is 34.1 Å². The van der Waals surface area contributed by atoms with Crippen LogP contribution in [0.25, 0.3) is 0 Å². The Morgan fingerprint density at radius 3 is 1.97 bits per heavy atom. The highest BCUT2D eigenvalue weighted by Gasteiger charge is 2.19. The minimum absolute atomic E-state index is 0.00524. The van der Waals surface area contributed by atoms with E-state index in [9.17, 15) is 9.59 Å². The van der Waals surface area contributed by atoms with Crippen molar-refractivity contribution < 1.29 is 28.5 Å². The molecule has 0 radical (unpaired) electrons. The van der Waals surface area contributed by atoms with Gasteiger partial charge in [0.05, 0.1) is 26.9 Å². The monoisotopic (exact) mass is 413 g/mol. The molecule has 1 aliphatic rings. The number of ether oxygens (including phenoxy) is 4. The van der Waals surface area contributed by atoms with Crippen LogP contribution in [0.15, 0.2) is 36.4 Å². The number of esters is 1. The number of anilines is 1. The SMILES string of the molecule is COc1cc(C(=O)Nc2ccc(C(=O)OC3CCCCC3)cc2)cc(OC)c1OC. The fourth-order valence-electron chi connectivity index (χ4n) is 3.51. The van der Waals surface area contributed by atoms with Crippen LogP contribution in [0.2, 0.25) is 0 Å². The number of nitrogens with one attached hydrogen (secondary N) is 1. The van der Waals surface area contributed by atoms with Crippen molar-refractivity contribution in [2.24, 2.45) is 0 Å². The standard InChI is InChI=1S/C23H27NO6/c1-27-19-13-16(14-20(28-2)21(19)29-3)22(25)24-17-11-9-15(10-12-17)23(26)30-18-7-5-4-6-8-18/h9-14,18H,4-8H2,1-3H3,(H,24,25). The normalized spacial score (nSPS) is 14.0. The molecule has 2 aromatic carbocycles. The van der Waals surface area contributed by atoms with Crippen LogP contribution in [0.5, 0.6) is 17.2 Å². The molecule has 3 rings (SSSR count). The first-order valence-corrected chi connectivity index (χ1v) is 9.98. The molecule has 0 unspecified atom stereocenters. The van der Waals surface area contributed by atoms with Crippen molar-refractivity contribution in [2.45, 2.75) is 38.2 Å². The second kappa shape index (κ2) is 10.0. The van der Waals surface area contributed by atoms with E-state index in [1.165, 1.54) is 27.8 Å². The van der Waals surface area contributed by atoms with E-state index in [2.05, 4.69) is 5.32 Å². The number of methoxy groups -OCH3 is 3. The largest absolute Gasteiger partial charge is 0.493 e. The van der Waals surface area contributed by atoms with Gasteiger partial charge in [0, 0.05) is 11.3 Å². The molecule has 30 heavy (non-hydrogen) atoms. The zero-order valence-corrected chi connectivity index (χ0v) is 17.5. The summed E-state index contributed by atoms with van der Waals surface area (Å²) in [7, 11) is 4.48. The second-order valence-electron chi connectivity index (χ2n) is 7.11. The number of rotatable bonds is 7. The molecule has 0 spiro atoms. The molecule has 0 bridgehead atoms. The molecule has 160 valence electrons. The molecular weight excluding hydrogens is 386 g/mol. The maximum absolute atomic E-state index is 12.7. The van der Waals surface area contributed by atoms with Gasteiger partial charge in [-0.25, -0.2) is 4.79 Å². The molecule has 0 saturated heterocycles. The summed E-state index contributed by atoms with van der Waals surface area (Å²) in [5, 5.41) is 2.80. The lowest BCUT2D eigenvalue weighted by atomic mass is 9.98. The summed E-state index contributed by atoms with van der Waals surface area (Å²) in [6.07, 6.45) is 5.26. The molecule has 1 saturated carbocycles. The fourth-order valence-corrected chi connectivity index (χ4v) is 3.51. The number of carbonyl (C=O) groups is 2. The van der Waals surface area contributed by atoms with Gasteiger partial charge in [0.2, 0.25) is 5.75 Å². The Morgan fingerprint density at radius 2 is 1.43 bits per heavy atom. The zero-order chi connectivity index (χ0) is 21.5. The topological polar surface area (TPSA) is 83.1 Å². The predicted molar refractivity (Wildman–Crippen MR) is 113 cm³/mol. The van der Waals surface area contributed by atoms with E-state index in [1.54, 1.807) is 36.4 Å². The molecule has 1 N–H and O–H groups in total. The molecule has 1 fully saturated rings. The lowest BCUT2D eigenvalue weighted by Crippen LogP contribution is -2.21. The summed E-state index contributed by atoms with van der Waals surface area (Å²) in [6, 6.07) is 9.80. The Hall–Kier alpha value is -3.22. The van der Waals surface area contributed by atoms with E-state index in [4.69, 9.17) is 18.9 Å². The van der Waals surface area contributed by atoms with Gasteiger partial charge in [-0.15, -0.1) is 0 Å². The Balaban J connectivity index is 1.67. The summed E-state index contributed by atoms with van der Waals surface area (Å²) >= 11 is 0. The molecule has 0 aliphatic heterocycles. The van der Waals surface area contributed by atoms with Crippen LogP contribution in [0.3, 0.4) is 0 Å². The van der Waals surface area contributed by atoms with Gasteiger partial charge in [0.15, 0.2) is 11.5 Å². The maximum atomic E-state index is 12.7. The zero-order valence-electron chi connectivity index (χ0n) is 17.5. The molecule has 0 aromatic heterocycles. The first kappa shape index (κ1) is 21.5. The first-order valence-electron chi connectivity index (χ1n) is 9.98. The van der Waals surface area contributed by atoms with Gasteiger partial charge in [-0.1, -0.05) is 6.42 Å². The number of benzene rings is 2. The molecule has 2 aromatic rings. The molecule has 0 heterocycles. The summed E-state index contributed by atoms with van der Waals surface area (Å²) < 4.78 is 21.4. The molecule has 1 amide bonds. The quantitative estimate of drug-likeness (QED) is 0.675. The summed E-state index contributed by atoms with van der Waals surface area (Å²) in [5.41, 5.74) is 1.37. The first-order chi connectivity index (χ1) is 14.5. The molecule has 7 nitrogen and oxygen atoms in total. The number of carbonyl (C=O) groups excluding carboxylic acids is 2. The van der Waals surface area contributed by atoms with Crippen molar-refractivity contribution in [3.8, 4) is 17.2 Å². The molecule has 0 atom stereocenters. The average molecular weight is 413 g/mol. The van der Waals surface area contributed by atoms with Crippen molar-refractivity contribution in [3.05, 3.63) is 47.5 Å². The Morgan fingerprint density at radius 1 is 0.833 bits per heavy atom. The Labute approximate surface area is 176 Å². The van der Waals surface area contributed by atoms with E-state index in [0.717, 1.165) is 25.7 Å². The highest BCUT2D eigenvalue weighted by Crippen LogP contribution is 2.38. The molecular formula is C23H27NO6. The second-order valence-corrected chi connectivity index (χ2v) is 7.11. The van der Waals surface area contributed by atoms with E-state index in [1.807, 2.05) is 0 Å². The number of hydrogen-bond acceptors (Lipinski definition) is 6. The van der Waals surface area contributed by atoms with E-state index in [-0.39, 0.29) is 18.0 Å². The van der Waals surface area contributed by atoms with Crippen molar-refractivity contribution in [1.29, 1.82) is 0 Å². The lowest BCUT2D eigenvalue weighted by Gasteiger charge is -2.21. The van der Waals surface area contributed by atoms with Crippen LogP contribution in [-0.2, 0) is 4.74 Å². The van der Waals surface area contributed by atoms with Gasteiger partial charge in [-0.3, -0.25) is 4.79 Å². The average Bonchev–Trinajstić information content (AvgIpc) is 2.79. The van der Waals surface area contributed by atoms with Crippen LogP contribution >= 0.6 is 0 Å². The summed E-state index contributed by atoms with van der Waals surface area (Å²) in [5.74, 6) is 0.527. The van der Waals surface area contributed by atoms with Crippen LogP contribution in [-0.4, -0.2) is 39.3 Å². The number of hydrogen-bond donors (Lipinski definition) is 1. The van der Waals surface area contributed by atoms with Crippen molar-refractivity contribution in [2.75, 3.05) is 26.6 Å². The minimum atomic E-state index is -0.341. The maximum Gasteiger partial charge on any atom is 0.338 e. The molecule has 1 aliphatic carbocycles. The van der Waals surface area contributed by atoms with Gasteiger partial charge < -0.3 is 24.3 Å². The van der Waals surface area contributed by atoms with Crippen molar-refractivity contribution in [3.63, 3.8) is 0 Å². The Bertz CT molecular complexity index is 862. The van der Waals surface area contributed by atoms with E-state index < -0.39 is 0 Å². The molecule has 7 heteroatoms. The third-order valence-electron chi connectivity index (χ3n) is 5.13.